The van der Waals surface area contributed by atoms with Gasteiger partial charge in [-0.3, -0.25) is 28.8 Å². The van der Waals surface area contributed by atoms with Crippen molar-refractivity contribution in [1.82, 2.24) is 79.8 Å². The van der Waals surface area contributed by atoms with E-state index in [0.29, 0.717) is 175 Å². The molecule has 37 nitrogen and oxygen atoms in total. The van der Waals surface area contributed by atoms with Crippen molar-refractivity contribution in [3.8, 4) is 33.6 Å². The Balaban J connectivity index is 0.553. The van der Waals surface area contributed by atoms with Crippen LogP contribution in [0.2, 0.25) is 0 Å². The fourth-order valence-electron chi connectivity index (χ4n) is 18.1. The monoisotopic (exact) mass is 1790 g/mol. The molecule has 3 amide bonds. The number of anilines is 3. The first-order chi connectivity index (χ1) is 62.6. The second-order valence-electron chi connectivity index (χ2n) is 35.1. The number of allylic oxidation sites excluding steroid dienone is 6. The number of ether oxygens (including phenoxy) is 6. The van der Waals surface area contributed by atoms with E-state index in [2.05, 4.69) is 45.8 Å². The van der Waals surface area contributed by atoms with E-state index in [4.69, 9.17) is 65.1 Å². The number of cyclic esters (lactones) is 1. The van der Waals surface area contributed by atoms with Gasteiger partial charge in [0.25, 0.3) is 17.7 Å². The third kappa shape index (κ3) is 24.1. The summed E-state index contributed by atoms with van der Waals surface area (Å²) in [5, 5.41) is 60.9. The van der Waals surface area contributed by atoms with Crippen LogP contribution in [0.3, 0.4) is 0 Å². The third-order valence-corrected chi connectivity index (χ3v) is 25.8. The quantitative estimate of drug-likeness (QED) is 0.0112. The van der Waals surface area contributed by atoms with Crippen LogP contribution in [0.15, 0.2) is 126 Å². The van der Waals surface area contributed by atoms with Crippen molar-refractivity contribution in [3.05, 3.63) is 127 Å². The lowest BCUT2D eigenvalue weighted by molar-refractivity contribution is -0.265. The molecule has 3 saturated heterocycles. The highest BCUT2D eigenvalue weighted by Gasteiger charge is 2.53. The Bertz CT molecular complexity index is 5350. The van der Waals surface area contributed by atoms with Crippen LogP contribution < -0.4 is 27.4 Å². The molecule has 10 heterocycles. The molecule has 1 aliphatic carbocycles. The van der Waals surface area contributed by atoms with Gasteiger partial charge >= 0.3 is 5.97 Å². The average molecular weight is 1790 g/mol. The molecule has 4 fully saturated rings. The van der Waals surface area contributed by atoms with E-state index in [9.17, 15) is 48.9 Å². The van der Waals surface area contributed by atoms with Crippen molar-refractivity contribution >= 4 is 81.0 Å². The van der Waals surface area contributed by atoms with E-state index in [-0.39, 0.29) is 93.0 Å². The minimum atomic E-state index is -2.51. The number of rotatable bonds is 27. The maximum Gasteiger partial charge on any atom is 0.329 e. The Morgan fingerprint density at radius 3 is 2.33 bits per heavy atom. The Labute approximate surface area is 755 Å². The number of aliphatic hydroxyl groups excluding tert-OH is 2. The highest BCUT2D eigenvalue weighted by Crippen LogP contribution is 2.42. The number of carbonyl (C=O) groups is 7. The topological polar surface area (TPSA) is 492 Å². The second kappa shape index (κ2) is 45.0. The lowest BCUT2D eigenvalue weighted by Gasteiger charge is -2.42. The molecule has 0 radical (unpaired) electrons. The number of nitrogens with one attached hydrogen (secondary N) is 1. The Hall–Kier alpha value is -11.3. The summed E-state index contributed by atoms with van der Waals surface area (Å²) in [6, 6.07) is 11.0. The van der Waals surface area contributed by atoms with Crippen molar-refractivity contribution < 1.29 is 81.7 Å². The first-order valence-electron chi connectivity index (χ1n) is 45.4. The number of aryl methyl sites for hydroxylation is 2. The Morgan fingerprint density at radius 2 is 1.55 bits per heavy atom. The fraction of sp³-hybridized carbons (Fsp3) is 0.559. The number of nitrogens with zero attached hydrogens (tertiary/aromatic N) is 16. The molecule has 2 bridgehead atoms. The minimum Gasteiger partial charge on any atom is -0.459 e. The number of Topliss-reactive ketones (excluding diaryl/α,β-unsaturated/α-hetero) is 3. The summed E-state index contributed by atoms with van der Waals surface area (Å²) in [5.41, 5.74) is 27.4. The van der Waals surface area contributed by atoms with Crippen LogP contribution in [0, 0.1) is 29.6 Å². The van der Waals surface area contributed by atoms with Gasteiger partial charge in [-0.15, -0.1) is 10.2 Å². The number of hydrogen-bond donors (Lipinski definition) is 7. The third-order valence-electron chi connectivity index (χ3n) is 25.8. The van der Waals surface area contributed by atoms with E-state index in [1.165, 1.54) is 19.3 Å². The molecular weight excluding hydrogens is 1670 g/mol. The van der Waals surface area contributed by atoms with Crippen molar-refractivity contribution in [3.63, 3.8) is 0 Å². The predicted octanol–water partition coefficient (Wildman–Crippen LogP) is 7.82. The average Bonchev–Trinajstić information content (AvgIpc) is 1.35. The number of piperidine rings is 1. The zero-order valence-electron chi connectivity index (χ0n) is 75.4. The number of fused-ring (bicyclic) bond motifs is 5. The number of piperazine rings is 1. The van der Waals surface area contributed by atoms with Crippen molar-refractivity contribution in [2.24, 2.45) is 35.3 Å². The smallest absolute Gasteiger partial charge is 0.329 e. The molecule has 6 aromatic heterocycles. The number of unbranched alkanes of at least 4 members (excludes halogenated alkanes) is 1. The molecule has 0 spiro atoms. The zero-order valence-corrected chi connectivity index (χ0v) is 75.4. The van der Waals surface area contributed by atoms with Crippen LogP contribution in [0.4, 0.5) is 17.8 Å². The first kappa shape index (κ1) is 96.3. The Morgan fingerprint density at radius 1 is 0.762 bits per heavy atom. The molecule has 698 valence electrons. The molecule has 8 aromatic rings. The van der Waals surface area contributed by atoms with Crippen molar-refractivity contribution in [2.75, 3.05) is 96.3 Å². The number of nitrogens with two attached hydrogens (primary N) is 3. The molecule has 130 heavy (non-hydrogen) atoms. The number of carbonyl (C=O) groups excluding carboxylic acids is 7. The number of aliphatic hydroxyl groups is 3. The zero-order chi connectivity index (χ0) is 92.3. The Kier molecular flexibility index (Phi) is 33.3. The minimum absolute atomic E-state index is 0.00493. The van der Waals surface area contributed by atoms with Crippen LogP contribution >= 0.6 is 0 Å². The van der Waals surface area contributed by atoms with Crippen LogP contribution in [0.5, 0.6) is 0 Å². The van der Waals surface area contributed by atoms with Gasteiger partial charge in [-0.25, -0.2) is 38.8 Å². The molecule has 13 rings (SSSR count). The largest absolute Gasteiger partial charge is 0.459 e. The van der Waals surface area contributed by atoms with Gasteiger partial charge in [0, 0.05) is 151 Å². The highest BCUT2D eigenvalue weighted by atomic mass is 16.6. The summed E-state index contributed by atoms with van der Waals surface area (Å²) in [4.78, 5) is 126. The van der Waals surface area contributed by atoms with E-state index in [0.717, 1.165) is 44.8 Å². The summed E-state index contributed by atoms with van der Waals surface area (Å²) in [5.74, 6) is -8.41. The predicted molar refractivity (Wildman–Crippen MR) is 481 cm³/mol. The molecule has 5 aliphatic rings. The number of nitrogen functional groups attached to an aromatic ring is 2. The number of hydrogen-bond acceptors (Lipinski definition) is 31. The van der Waals surface area contributed by atoms with Crippen LogP contribution in [-0.4, -0.2) is 265 Å². The van der Waals surface area contributed by atoms with Gasteiger partial charge in [0.1, 0.15) is 53.5 Å². The van der Waals surface area contributed by atoms with Gasteiger partial charge in [0.2, 0.25) is 23.5 Å². The molecule has 2 aromatic carbocycles. The molecule has 1 saturated carbocycles. The highest BCUT2D eigenvalue weighted by molar-refractivity contribution is 6.39. The molecule has 1 unspecified atom stereocenters. The van der Waals surface area contributed by atoms with E-state index >= 15 is 0 Å². The van der Waals surface area contributed by atoms with Gasteiger partial charge in [-0.05, 0) is 144 Å². The maximum atomic E-state index is 14.9. The van der Waals surface area contributed by atoms with E-state index in [1.807, 2.05) is 96.4 Å². The summed E-state index contributed by atoms with van der Waals surface area (Å²) < 4.78 is 47.0. The fourth-order valence-corrected chi connectivity index (χ4v) is 18.1. The van der Waals surface area contributed by atoms with Gasteiger partial charge in [-0.1, -0.05) is 92.8 Å². The van der Waals surface area contributed by atoms with Gasteiger partial charge < -0.3 is 85.4 Å². The summed E-state index contributed by atoms with van der Waals surface area (Å²) in [6.07, 6.45) is 19.7. The van der Waals surface area contributed by atoms with Crippen LogP contribution in [0.25, 0.3) is 55.8 Å². The maximum absolute atomic E-state index is 14.9. The van der Waals surface area contributed by atoms with Gasteiger partial charge in [0.05, 0.1) is 80.3 Å². The van der Waals surface area contributed by atoms with Crippen LogP contribution in [-0.2, 0) is 81.5 Å². The number of aromatic nitrogens is 13. The van der Waals surface area contributed by atoms with Crippen LogP contribution in [0.1, 0.15) is 156 Å². The molecule has 15 atom stereocenters. The van der Waals surface area contributed by atoms with E-state index in [1.54, 1.807) is 69.0 Å². The SMILES string of the molecule is CO[C@H]1C[C@@H]2CC[C@@H](C)[C@@](O)(O2)C(=O)C(=O)N2CCCC[C@H]2C(=O)O[C@H]([C@H](N)C[C@@H]2CCC(n3nncc3-c3cccc(-c4cnc(N5CCN(C(=O)CCc6cn(CCOCCOCCC(=O)NCCCCn7nc(-c8ccc9oc(N)nc9c8)c8c(N)ncnc87)nn6)CC5)nc4)c3)[C@H](OC)C2)CC(=O)[C@H](C)/C=C(\C)[C@@H](O)[C@@H](O)C(=O)[C@H](C)C[C@H](C)/C=C/C=CC=C1C. The number of oxazole rings is 1. The molecule has 4 aliphatic heterocycles. The molecule has 37 heteroatoms. The van der Waals surface area contributed by atoms with Crippen molar-refractivity contribution in [2.45, 2.75) is 224 Å². The standard InChI is InChI=1S/C93H124N20O17/c1-56-17-10-9-11-18-57(2)76(124-7)49-68-26-22-61(6)93(123,130-68)86(120)89(121)111-32-14-12-21-72(111)90(122)128-77(50-74(114)58(3)44-60(5)84(118)85(119)83(117)59(4)43-56)69(94)45-62-23-27-71(78(46-62)125-8)113-73(53-102-106-113)64-20-16-19-63(47-64)66-51-98-92(99-52-66)109-36-34-108(35-37-109)80(116)29-25-67-54-110(107-104-67)38-40-127-42-41-126-39-30-79(115)97-31-13-15-33-112-88-81(87(95)100-55-101-88)82(105-112)65-24-28-75-70(48-65)103-91(96)129-75/h9-11,16-20,24,28,44,47-48,51-56,58-59,61-62,68-69,71-72,76-78,84-85,118-119,123H,12-15,21-23,25-27,29-43,45-46,49-50,94H2,1-8H3,(H2,96,103)(H,97,115)(H2,95,100,101)/b11-9?,17-10+,57-18?,60-44+/t56-,58-,59-,61-,62+,68+,69-,71?,72+,76+,77+,78-,84-,85+,93-/m1/s1. The molecule has 10 N–H and O–H groups in total. The number of amides is 3. The number of methoxy groups -OCH3 is 2. The molecular formula is C93H124N20O17. The number of ketones is 3. The second-order valence-corrected chi connectivity index (χ2v) is 35.1. The summed E-state index contributed by atoms with van der Waals surface area (Å²) >= 11 is 0. The summed E-state index contributed by atoms with van der Waals surface area (Å²) in [6.45, 7) is 15.2. The number of esters is 1. The lowest BCUT2D eigenvalue weighted by atomic mass is 9.79. The normalized spacial score (nSPS) is 26.2. The van der Waals surface area contributed by atoms with E-state index < -0.39 is 101 Å². The van der Waals surface area contributed by atoms with Gasteiger partial charge in [0.15, 0.2) is 17.0 Å². The lowest BCUT2D eigenvalue weighted by Crippen LogP contribution is -2.61. The number of benzene rings is 2. The first-order valence-corrected chi connectivity index (χ1v) is 45.4. The van der Waals surface area contributed by atoms with Crippen molar-refractivity contribution in [1.29, 1.82) is 0 Å². The van der Waals surface area contributed by atoms with Gasteiger partial charge in [-0.2, -0.15) is 10.1 Å². The summed E-state index contributed by atoms with van der Waals surface area (Å²) in [7, 11) is 3.19.